The van der Waals surface area contributed by atoms with Gasteiger partial charge in [0.15, 0.2) is 0 Å². The second-order valence-electron chi connectivity index (χ2n) is 15.4. The van der Waals surface area contributed by atoms with Crippen molar-refractivity contribution < 1.29 is 21.5 Å². The van der Waals surface area contributed by atoms with Gasteiger partial charge in [0.05, 0.1) is 8.07 Å². The van der Waals surface area contributed by atoms with Crippen molar-refractivity contribution in [3.05, 3.63) is 132 Å². The molecular weight excluding hydrogens is 835 g/mol. The number of aromatic nitrogens is 3. The van der Waals surface area contributed by atoms with Gasteiger partial charge in [-0.1, -0.05) is 90.0 Å². The average molecular weight is 883 g/mol. The Morgan fingerprint density at radius 3 is 2.10 bits per heavy atom. The Morgan fingerprint density at radius 2 is 1.49 bits per heavy atom. The van der Waals surface area contributed by atoms with Crippen LogP contribution in [0.2, 0.25) is 19.6 Å². The fourth-order valence-corrected chi connectivity index (χ4v) is 8.55. The van der Waals surface area contributed by atoms with E-state index in [2.05, 4.69) is 117 Å². The SMILES string of the molecule is C[Si](C)(C)c1ccc(-c2[c-]cccc2)nc1.[2H]C(C)(C)c1cc(-c2[c-]ccc3c2sc2cc(-c4cc(C)nc(C)c4)ccc23)ncc1C(C)(C)C.[Ir]. The minimum absolute atomic E-state index is 0. The summed E-state index contributed by atoms with van der Waals surface area (Å²) < 4.78 is 11.2. The monoisotopic (exact) mass is 883 g/mol. The van der Waals surface area contributed by atoms with Crippen LogP contribution in [0.25, 0.3) is 53.8 Å². The second kappa shape index (κ2) is 15.4. The molecule has 7 aromatic rings. The molecule has 4 heterocycles. The van der Waals surface area contributed by atoms with Crippen molar-refractivity contribution in [2.24, 2.45) is 0 Å². The molecule has 3 aromatic carbocycles. The van der Waals surface area contributed by atoms with Gasteiger partial charge in [0, 0.05) is 50.0 Å². The third kappa shape index (κ3) is 8.64. The number of aryl methyl sites for hydroxylation is 2. The summed E-state index contributed by atoms with van der Waals surface area (Å²) >= 11 is 1.79. The molecule has 6 heteroatoms. The van der Waals surface area contributed by atoms with Crippen LogP contribution in [-0.4, -0.2) is 23.0 Å². The van der Waals surface area contributed by atoms with Crippen molar-refractivity contribution >= 4 is 44.8 Å². The fraction of sp³-hybridized carbons (Fsp3) is 0.267. The van der Waals surface area contributed by atoms with E-state index in [1.807, 2.05) is 70.4 Å². The number of nitrogens with zero attached hydrogens (tertiary/aromatic N) is 3. The summed E-state index contributed by atoms with van der Waals surface area (Å²) in [6, 6.07) is 36.2. The van der Waals surface area contributed by atoms with E-state index in [-0.39, 0.29) is 25.5 Å². The van der Waals surface area contributed by atoms with Gasteiger partial charge in [-0.3, -0.25) is 4.98 Å². The van der Waals surface area contributed by atoms with Gasteiger partial charge in [-0.2, -0.15) is 11.3 Å². The van der Waals surface area contributed by atoms with Crippen molar-refractivity contribution in [1.29, 1.82) is 0 Å². The Morgan fingerprint density at radius 1 is 0.765 bits per heavy atom. The molecule has 0 N–H and O–H groups in total. The first-order chi connectivity index (χ1) is 24.0. The molecule has 0 aliphatic rings. The summed E-state index contributed by atoms with van der Waals surface area (Å²) in [7, 11) is -1.23. The van der Waals surface area contributed by atoms with E-state index in [4.69, 9.17) is 6.35 Å². The van der Waals surface area contributed by atoms with E-state index in [9.17, 15) is 0 Å². The largest absolute Gasteiger partial charge is 0.305 e. The van der Waals surface area contributed by atoms with Crippen LogP contribution in [0.4, 0.5) is 0 Å². The summed E-state index contributed by atoms with van der Waals surface area (Å²) in [5.41, 5.74) is 10.5. The number of fused-ring (bicyclic) bond motifs is 3. The van der Waals surface area contributed by atoms with Gasteiger partial charge >= 0.3 is 0 Å². The number of thiophene rings is 1. The molecule has 0 bridgehead atoms. The van der Waals surface area contributed by atoms with Gasteiger partial charge in [0.2, 0.25) is 0 Å². The molecule has 4 aromatic heterocycles. The fourth-order valence-electron chi connectivity index (χ4n) is 6.27. The predicted molar refractivity (Wildman–Crippen MR) is 218 cm³/mol. The van der Waals surface area contributed by atoms with Crippen molar-refractivity contribution in [2.75, 3.05) is 0 Å². The first kappa shape index (κ1) is 37.0. The van der Waals surface area contributed by atoms with Crippen LogP contribution < -0.4 is 5.19 Å². The molecule has 0 saturated carbocycles. The van der Waals surface area contributed by atoms with Crippen LogP contribution in [0.3, 0.4) is 0 Å². The Bertz CT molecular complexity index is 2310. The molecule has 263 valence electrons. The number of pyridine rings is 3. The first-order valence-electron chi connectivity index (χ1n) is 17.8. The van der Waals surface area contributed by atoms with Gasteiger partial charge in [-0.05, 0) is 92.3 Å². The maximum Gasteiger partial charge on any atom is 0.0795 e. The van der Waals surface area contributed by atoms with Crippen LogP contribution in [0.15, 0.2) is 97.3 Å². The molecular formula is C45H47IrN3SSi-2. The van der Waals surface area contributed by atoms with E-state index in [0.29, 0.717) is 0 Å². The van der Waals surface area contributed by atoms with E-state index in [1.54, 1.807) is 11.3 Å². The van der Waals surface area contributed by atoms with E-state index in [0.717, 1.165) is 45.0 Å². The second-order valence-corrected chi connectivity index (χ2v) is 21.5. The van der Waals surface area contributed by atoms with Gasteiger partial charge in [-0.25, -0.2) is 0 Å². The van der Waals surface area contributed by atoms with Gasteiger partial charge < -0.3 is 9.97 Å². The van der Waals surface area contributed by atoms with Crippen molar-refractivity contribution in [3.8, 4) is 33.6 Å². The molecule has 0 aliphatic carbocycles. The van der Waals surface area contributed by atoms with Crippen molar-refractivity contribution in [3.63, 3.8) is 0 Å². The standard InChI is InChI=1S/C31H31N2S.C14H16NSi.Ir/c1-18(2)26-16-28(32-17-27(26)31(5,6)7)25-10-8-9-24-23-12-11-21(15-29(23)34-30(24)25)22-13-19(3)33-20(4)14-22;1-16(2,3)13-9-10-14(15-11-13)12-7-5-4-6-8-12;/h8-9,11-18H,1-7H3;4-7,9-11H,1-3H3;/q2*-1;/i18D;;. The van der Waals surface area contributed by atoms with Gasteiger partial charge in [0.1, 0.15) is 0 Å². The van der Waals surface area contributed by atoms with E-state index in [1.165, 1.54) is 36.5 Å². The van der Waals surface area contributed by atoms with Crippen LogP contribution in [0.5, 0.6) is 0 Å². The Balaban J connectivity index is 0.000000258. The maximum absolute atomic E-state index is 8.80. The number of rotatable bonds is 5. The Kier molecular flexibility index (Phi) is 11.2. The van der Waals surface area contributed by atoms with Crippen molar-refractivity contribution in [2.45, 2.75) is 79.4 Å². The van der Waals surface area contributed by atoms with Crippen LogP contribution in [0, 0.1) is 26.0 Å². The van der Waals surface area contributed by atoms with Gasteiger partial charge in [-0.15, -0.1) is 59.7 Å². The normalized spacial score (nSPS) is 12.2. The topological polar surface area (TPSA) is 38.7 Å². The number of hydrogen-bond acceptors (Lipinski definition) is 4. The van der Waals surface area contributed by atoms with Gasteiger partial charge in [0.25, 0.3) is 0 Å². The molecule has 3 nitrogen and oxygen atoms in total. The average Bonchev–Trinajstić information content (AvgIpc) is 3.45. The number of hydrogen-bond donors (Lipinski definition) is 0. The molecule has 1 radical (unpaired) electrons. The molecule has 51 heavy (non-hydrogen) atoms. The molecule has 0 amide bonds. The van der Waals surface area contributed by atoms with E-state index < -0.39 is 14.0 Å². The minimum atomic E-state index is -1.23. The van der Waals surface area contributed by atoms with Crippen molar-refractivity contribution in [1.82, 2.24) is 15.0 Å². The quantitative estimate of drug-likeness (QED) is 0.128. The Labute approximate surface area is 324 Å². The predicted octanol–water partition coefficient (Wildman–Crippen LogP) is 12.1. The smallest absolute Gasteiger partial charge is 0.0795 e. The summed E-state index contributed by atoms with van der Waals surface area (Å²) in [4.78, 5) is 13.9. The van der Waals surface area contributed by atoms with Crippen LogP contribution in [0.1, 0.15) is 64.4 Å². The first-order valence-corrected chi connectivity index (χ1v) is 21.6. The third-order valence-corrected chi connectivity index (χ3v) is 12.2. The summed E-state index contributed by atoms with van der Waals surface area (Å²) in [6.07, 6.45) is 3.98. The van der Waals surface area contributed by atoms with Crippen LogP contribution >= 0.6 is 11.3 Å². The molecule has 0 unspecified atom stereocenters. The summed E-state index contributed by atoms with van der Waals surface area (Å²) in [5, 5.41) is 3.87. The summed E-state index contributed by atoms with van der Waals surface area (Å²) in [6.45, 7) is 21.5. The molecule has 0 spiro atoms. The zero-order valence-electron chi connectivity index (χ0n) is 32.3. The Hall–Kier alpha value is -3.80. The van der Waals surface area contributed by atoms with Crippen LogP contribution in [-0.2, 0) is 25.5 Å². The zero-order chi connectivity index (χ0) is 36.7. The molecule has 0 atom stereocenters. The molecule has 0 aliphatic heterocycles. The molecule has 0 saturated heterocycles. The maximum atomic E-state index is 8.80. The summed E-state index contributed by atoms with van der Waals surface area (Å²) in [5.74, 6) is -0.718. The minimum Gasteiger partial charge on any atom is -0.305 e. The zero-order valence-corrected chi connectivity index (χ0v) is 35.5. The molecule has 0 fully saturated rings. The number of benzene rings is 3. The molecule has 7 rings (SSSR count). The van der Waals surface area contributed by atoms with E-state index >= 15 is 0 Å². The third-order valence-electron chi connectivity index (χ3n) is 8.97.